The first-order valence-corrected chi connectivity index (χ1v) is 11.2. The molecule has 0 atom stereocenters. The minimum absolute atomic E-state index is 0.0788. The zero-order chi connectivity index (χ0) is 24.8. The lowest BCUT2D eigenvalue weighted by molar-refractivity contribution is -0.230. The summed E-state index contributed by atoms with van der Waals surface area (Å²) in [5.74, 6) is 0.195. The zero-order valence-corrected chi connectivity index (χ0v) is 19.5. The van der Waals surface area contributed by atoms with Crippen LogP contribution in [-0.2, 0) is 14.3 Å². The average molecular weight is 480 g/mol. The van der Waals surface area contributed by atoms with E-state index in [1.807, 2.05) is 13.0 Å². The van der Waals surface area contributed by atoms with E-state index in [2.05, 4.69) is 25.6 Å². The fourth-order valence-electron chi connectivity index (χ4n) is 3.56. The molecule has 1 aromatic carbocycles. The molecule has 0 spiro atoms. The number of nitrogens with one attached hydrogen (secondary N) is 3. The van der Waals surface area contributed by atoms with Gasteiger partial charge in [-0.2, -0.15) is 5.26 Å². The Kier molecular flexibility index (Phi) is 7.33. The highest BCUT2D eigenvalue weighted by atomic mass is 19.1. The van der Waals surface area contributed by atoms with Gasteiger partial charge in [0, 0.05) is 18.3 Å². The SMILES string of the molecule is CCCNc1nccc(-c2[nH]c(C3OCC(C)(C(=O)NCC#N)CO3)nc2-c2ccc(F)cc2)n1. The summed E-state index contributed by atoms with van der Waals surface area (Å²) in [4.78, 5) is 29.2. The van der Waals surface area contributed by atoms with Gasteiger partial charge in [0.05, 0.1) is 41.8 Å². The molecule has 4 rings (SSSR count). The molecule has 3 heterocycles. The van der Waals surface area contributed by atoms with Gasteiger partial charge in [-0.05, 0) is 43.7 Å². The third kappa shape index (κ3) is 5.45. The monoisotopic (exact) mass is 479 g/mol. The summed E-state index contributed by atoms with van der Waals surface area (Å²) in [6, 6.07) is 9.62. The predicted octanol–water partition coefficient (Wildman–Crippen LogP) is 3.19. The minimum atomic E-state index is -0.935. The topological polar surface area (TPSA) is 138 Å². The van der Waals surface area contributed by atoms with Crippen molar-refractivity contribution in [1.82, 2.24) is 25.3 Å². The van der Waals surface area contributed by atoms with Crippen molar-refractivity contribution in [1.29, 1.82) is 5.26 Å². The van der Waals surface area contributed by atoms with Crippen molar-refractivity contribution in [3.05, 3.63) is 48.2 Å². The van der Waals surface area contributed by atoms with Gasteiger partial charge in [-0.15, -0.1) is 0 Å². The van der Waals surface area contributed by atoms with E-state index in [-0.39, 0.29) is 31.5 Å². The molecule has 0 radical (unpaired) electrons. The van der Waals surface area contributed by atoms with Gasteiger partial charge in [0.1, 0.15) is 12.4 Å². The zero-order valence-electron chi connectivity index (χ0n) is 19.5. The second-order valence-corrected chi connectivity index (χ2v) is 8.40. The van der Waals surface area contributed by atoms with Crippen LogP contribution in [-0.4, -0.2) is 52.1 Å². The number of rotatable bonds is 8. The van der Waals surface area contributed by atoms with Gasteiger partial charge < -0.3 is 25.1 Å². The first kappa shape index (κ1) is 24.3. The van der Waals surface area contributed by atoms with Gasteiger partial charge in [-0.3, -0.25) is 4.79 Å². The molecular weight excluding hydrogens is 453 g/mol. The van der Waals surface area contributed by atoms with Crippen molar-refractivity contribution >= 4 is 11.9 Å². The maximum absolute atomic E-state index is 13.6. The van der Waals surface area contributed by atoms with Crippen molar-refractivity contribution in [2.75, 3.05) is 31.6 Å². The smallest absolute Gasteiger partial charge is 0.231 e. The first-order valence-electron chi connectivity index (χ1n) is 11.2. The van der Waals surface area contributed by atoms with Crippen LogP contribution in [0.15, 0.2) is 36.5 Å². The summed E-state index contributed by atoms with van der Waals surface area (Å²) in [7, 11) is 0. The van der Waals surface area contributed by atoms with Crippen molar-refractivity contribution in [2.24, 2.45) is 5.41 Å². The Morgan fingerprint density at radius 2 is 2.00 bits per heavy atom. The Balaban J connectivity index is 1.63. The molecule has 1 aliphatic heterocycles. The van der Waals surface area contributed by atoms with Crippen LogP contribution in [0.4, 0.5) is 10.3 Å². The molecular formula is C24H26FN7O3. The summed E-state index contributed by atoms with van der Waals surface area (Å²) < 4.78 is 25.3. The second-order valence-electron chi connectivity index (χ2n) is 8.40. The predicted molar refractivity (Wildman–Crippen MR) is 125 cm³/mol. The quantitative estimate of drug-likeness (QED) is 0.419. The number of amides is 1. The van der Waals surface area contributed by atoms with Crippen LogP contribution in [0.3, 0.4) is 0 Å². The number of carbonyl (C=O) groups excluding carboxylic acids is 1. The number of benzene rings is 1. The van der Waals surface area contributed by atoms with Crippen LogP contribution >= 0.6 is 0 Å². The van der Waals surface area contributed by atoms with E-state index < -0.39 is 11.7 Å². The van der Waals surface area contributed by atoms with Crippen molar-refractivity contribution in [3.63, 3.8) is 0 Å². The molecule has 0 bridgehead atoms. The van der Waals surface area contributed by atoms with Crippen LogP contribution in [0, 0.1) is 22.6 Å². The fourth-order valence-corrected chi connectivity index (χ4v) is 3.56. The molecule has 1 aliphatic rings. The number of aromatic nitrogens is 4. The molecule has 182 valence electrons. The molecule has 11 heteroatoms. The molecule has 1 fully saturated rings. The number of ether oxygens (including phenoxy) is 2. The molecule has 0 aliphatic carbocycles. The molecule has 3 N–H and O–H groups in total. The standard InChI is InChI=1S/C24H26FN7O3/c1-3-10-28-23-29-11-8-17(30-23)19-18(15-4-6-16(25)7-5-15)31-20(32-19)21-34-13-24(2,14-35-21)22(33)27-12-9-26/h4-8,11,21H,3,10,12-14H2,1-2H3,(H,27,33)(H,31,32)(H,28,29,30). The highest BCUT2D eigenvalue weighted by Gasteiger charge is 2.40. The molecule has 0 unspecified atom stereocenters. The number of imidazole rings is 1. The van der Waals surface area contributed by atoms with Crippen LogP contribution in [0.2, 0.25) is 0 Å². The number of carbonyl (C=O) groups is 1. The maximum atomic E-state index is 13.6. The van der Waals surface area contributed by atoms with E-state index in [1.54, 1.807) is 31.3 Å². The van der Waals surface area contributed by atoms with E-state index in [0.29, 0.717) is 34.4 Å². The molecule has 10 nitrogen and oxygen atoms in total. The number of aromatic amines is 1. The Morgan fingerprint density at radius 1 is 1.26 bits per heavy atom. The molecule has 3 aromatic rings. The summed E-state index contributed by atoms with van der Waals surface area (Å²) in [6.45, 7) is 4.55. The number of halogens is 1. The van der Waals surface area contributed by atoms with Gasteiger partial charge in [0.25, 0.3) is 0 Å². The fraction of sp³-hybridized carbons (Fsp3) is 0.375. The van der Waals surface area contributed by atoms with Crippen molar-refractivity contribution in [2.45, 2.75) is 26.6 Å². The molecule has 2 aromatic heterocycles. The number of H-pyrrole nitrogens is 1. The van der Waals surface area contributed by atoms with Crippen molar-refractivity contribution < 1.29 is 18.7 Å². The van der Waals surface area contributed by atoms with E-state index >= 15 is 0 Å². The Hall–Kier alpha value is -3.88. The van der Waals surface area contributed by atoms with Gasteiger partial charge >= 0.3 is 0 Å². The van der Waals surface area contributed by atoms with Crippen molar-refractivity contribution in [3.8, 4) is 28.7 Å². The van der Waals surface area contributed by atoms with Crippen LogP contribution in [0.1, 0.15) is 32.4 Å². The van der Waals surface area contributed by atoms with E-state index in [0.717, 1.165) is 13.0 Å². The molecule has 35 heavy (non-hydrogen) atoms. The van der Waals surface area contributed by atoms with E-state index in [9.17, 15) is 9.18 Å². The van der Waals surface area contributed by atoms with E-state index in [4.69, 9.17) is 19.7 Å². The second kappa shape index (κ2) is 10.6. The summed E-state index contributed by atoms with van der Waals surface area (Å²) >= 11 is 0. The third-order valence-corrected chi connectivity index (χ3v) is 5.49. The number of nitriles is 1. The molecule has 1 saturated heterocycles. The van der Waals surface area contributed by atoms with Crippen LogP contribution in [0.25, 0.3) is 22.6 Å². The van der Waals surface area contributed by atoms with E-state index in [1.165, 1.54) is 12.1 Å². The van der Waals surface area contributed by atoms with Gasteiger partial charge in [-0.1, -0.05) is 6.92 Å². The molecule has 0 saturated carbocycles. The van der Waals surface area contributed by atoms with Crippen LogP contribution in [0.5, 0.6) is 0 Å². The highest BCUT2D eigenvalue weighted by molar-refractivity contribution is 5.83. The number of nitrogens with zero attached hydrogens (tertiary/aromatic N) is 4. The number of hydrogen-bond acceptors (Lipinski definition) is 8. The number of anilines is 1. The summed E-state index contributed by atoms with van der Waals surface area (Å²) in [5, 5.41) is 14.4. The first-order chi connectivity index (χ1) is 16.9. The lowest BCUT2D eigenvalue weighted by atomic mass is 9.91. The Morgan fingerprint density at radius 3 is 2.69 bits per heavy atom. The normalized spacial score (nSPS) is 19.7. The summed E-state index contributed by atoms with van der Waals surface area (Å²) in [6.07, 6.45) is 1.72. The number of hydrogen-bond donors (Lipinski definition) is 3. The van der Waals surface area contributed by atoms with Gasteiger partial charge in [0.15, 0.2) is 5.82 Å². The lowest BCUT2D eigenvalue weighted by Gasteiger charge is -2.35. The van der Waals surface area contributed by atoms with Gasteiger partial charge in [0.2, 0.25) is 18.1 Å². The minimum Gasteiger partial charge on any atom is -0.354 e. The highest BCUT2D eigenvalue weighted by Crippen LogP contribution is 2.35. The van der Waals surface area contributed by atoms with Crippen LogP contribution < -0.4 is 10.6 Å². The third-order valence-electron chi connectivity index (χ3n) is 5.49. The summed E-state index contributed by atoms with van der Waals surface area (Å²) in [5.41, 5.74) is 1.48. The van der Waals surface area contributed by atoms with Gasteiger partial charge in [-0.25, -0.2) is 19.3 Å². The Labute approximate surface area is 201 Å². The average Bonchev–Trinajstić information content (AvgIpc) is 3.32. The Bertz CT molecular complexity index is 1210. The largest absolute Gasteiger partial charge is 0.354 e. The lowest BCUT2D eigenvalue weighted by Crippen LogP contribution is -2.48. The maximum Gasteiger partial charge on any atom is 0.231 e. The molecule has 1 amide bonds.